The van der Waals surface area contributed by atoms with Gasteiger partial charge in [-0.1, -0.05) is 13.8 Å². The molecule has 108 valence electrons. The number of rotatable bonds is 5. The molecule has 0 radical (unpaired) electrons. The van der Waals surface area contributed by atoms with Gasteiger partial charge in [0.15, 0.2) is 0 Å². The van der Waals surface area contributed by atoms with Gasteiger partial charge in [-0.2, -0.15) is 5.10 Å². The standard InChI is InChI=1S/C15H19F2N3/c1-10(2)9-20-11(3)4-15(19-20)18-8-12-5-13(16)7-14(17)6-12/h4-7,10H,8-9H2,1-3H3,(H,18,19). The van der Waals surface area contributed by atoms with Gasteiger partial charge in [-0.15, -0.1) is 0 Å². The summed E-state index contributed by atoms with van der Waals surface area (Å²) in [7, 11) is 0. The van der Waals surface area contributed by atoms with Crippen molar-refractivity contribution in [1.29, 1.82) is 0 Å². The molecule has 20 heavy (non-hydrogen) atoms. The number of hydrogen-bond donors (Lipinski definition) is 1. The summed E-state index contributed by atoms with van der Waals surface area (Å²) in [5, 5.41) is 7.51. The molecule has 0 atom stereocenters. The molecule has 1 aromatic carbocycles. The summed E-state index contributed by atoms with van der Waals surface area (Å²) < 4.78 is 28.1. The Hall–Kier alpha value is -1.91. The third-order valence-electron chi connectivity index (χ3n) is 2.92. The van der Waals surface area contributed by atoms with Gasteiger partial charge in [0.05, 0.1) is 0 Å². The molecule has 0 fully saturated rings. The summed E-state index contributed by atoms with van der Waals surface area (Å²) in [5.41, 5.74) is 1.62. The minimum Gasteiger partial charge on any atom is -0.365 e. The van der Waals surface area contributed by atoms with Gasteiger partial charge in [-0.05, 0) is 30.5 Å². The predicted octanol–water partition coefficient (Wildman–Crippen LogP) is 3.74. The van der Waals surface area contributed by atoms with Crippen LogP contribution in [0.5, 0.6) is 0 Å². The van der Waals surface area contributed by atoms with Crippen molar-refractivity contribution in [3.05, 3.63) is 47.2 Å². The second-order valence-corrected chi connectivity index (χ2v) is 5.38. The highest BCUT2D eigenvalue weighted by Gasteiger charge is 2.06. The van der Waals surface area contributed by atoms with Gasteiger partial charge in [0, 0.05) is 30.9 Å². The highest BCUT2D eigenvalue weighted by molar-refractivity contribution is 5.37. The van der Waals surface area contributed by atoms with Crippen molar-refractivity contribution in [2.45, 2.75) is 33.9 Å². The number of benzene rings is 1. The molecule has 2 rings (SSSR count). The Kier molecular flexibility index (Phi) is 4.37. The Bertz CT molecular complexity index is 571. The molecule has 0 aliphatic heterocycles. The first-order valence-electron chi connectivity index (χ1n) is 6.67. The molecule has 0 amide bonds. The largest absolute Gasteiger partial charge is 0.365 e. The SMILES string of the molecule is Cc1cc(NCc2cc(F)cc(F)c2)nn1CC(C)C. The van der Waals surface area contributed by atoms with Gasteiger partial charge in [0.2, 0.25) is 0 Å². The lowest BCUT2D eigenvalue weighted by molar-refractivity contribution is 0.475. The predicted molar refractivity (Wildman–Crippen MR) is 75.5 cm³/mol. The fraction of sp³-hybridized carbons (Fsp3) is 0.400. The minimum absolute atomic E-state index is 0.340. The zero-order valence-corrected chi connectivity index (χ0v) is 12.0. The van der Waals surface area contributed by atoms with E-state index in [1.54, 1.807) is 0 Å². The number of nitrogens with zero attached hydrogens (tertiary/aromatic N) is 2. The Morgan fingerprint density at radius 1 is 1.15 bits per heavy atom. The molecule has 1 aromatic heterocycles. The maximum Gasteiger partial charge on any atom is 0.148 e. The second-order valence-electron chi connectivity index (χ2n) is 5.38. The van der Waals surface area contributed by atoms with Gasteiger partial charge >= 0.3 is 0 Å². The van der Waals surface area contributed by atoms with Crippen LogP contribution in [0.2, 0.25) is 0 Å². The lowest BCUT2D eigenvalue weighted by Gasteiger charge is -2.07. The Balaban J connectivity index is 2.03. The second kappa shape index (κ2) is 6.03. The molecule has 0 unspecified atom stereocenters. The van der Waals surface area contributed by atoms with Gasteiger partial charge in [0.1, 0.15) is 17.5 Å². The van der Waals surface area contributed by atoms with Crippen molar-refractivity contribution in [1.82, 2.24) is 9.78 Å². The molecule has 1 heterocycles. The third kappa shape index (κ3) is 3.79. The zero-order chi connectivity index (χ0) is 14.7. The number of nitrogens with one attached hydrogen (secondary N) is 1. The van der Waals surface area contributed by atoms with E-state index in [4.69, 9.17) is 0 Å². The summed E-state index contributed by atoms with van der Waals surface area (Å²) in [6.45, 7) is 7.44. The molecule has 2 aromatic rings. The monoisotopic (exact) mass is 279 g/mol. The van der Waals surface area contributed by atoms with Crippen LogP contribution in [0.1, 0.15) is 25.1 Å². The first-order chi connectivity index (χ1) is 9.44. The van der Waals surface area contributed by atoms with Crippen molar-refractivity contribution in [2.75, 3.05) is 5.32 Å². The van der Waals surface area contributed by atoms with Crippen LogP contribution in [-0.4, -0.2) is 9.78 Å². The van der Waals surface area contributed by atoms with Crippen molar-refractivity contribution in [3.63, 3.8) is 0 Å². The Morgan fingerprint density at radius 3 is 2.40 bits per heavy atom. The van der Waals surface area contributed by atoms with Crippen LogP contribution < -0.4 is 5.32 Å². The third-order valence-corrected chi connectivity index (χ3v) is 2.92. The first-order valence-corrected chi connectivity index (χ1v) is 6.67. The van der Waals surface area contributed by atoms with Crippen LogP contribution >= 0.6 is 0 Å². The molecule has 0 bridgehead atoms. The highest BCUT2D eigenvalue weighted by Crippen LogP contribution is 2.13. The molecule has 0 spiro atoms. The van der Waals surface area contributed by atoms with E-state index in [0.717, 1.165) is 18.3 Å². The van der Waals surface area contributed by atoms with Crippen LogP contribution in [0, 0.1) is 24.5 Å². The van der Waals surface area contributed by atoms with E-state index in [2.05, 4.69) is 24.3 Å². The highest BCUT2D eigenvalue weighted by atomic mass is 19.1. The van der Waals surface area contributed by atoms with Crippen molar-refractivity contribution >= 4 is 5.82 Å². The summed E-state index contributed by atoms with van der Waals surface area (Å²) in [6, 6.07) is 5.42. The van der Waals surface area contributed by atoms with Crippen LogP contribution in [0.4, 0.5) is 14.6 Å². The number of aromatic nitrogens is 2. The fourth-order valence-corrected chi connectivity index (χ4v) is 2.03. The fourth-order valence-electron chi connectivity index (χ4n) is 2.03. The topological polar surface area (TPSA) is 29.9 Å². The molecule has 0 saturated carbocycles. The Morgan fingerprint density at radius 2 is 1.80 bits per heavy atom. The summed E-state index contributed by atoms with van der Waals surface area (Å²) >= 11 is 0. The quantitative estimate of drug-likeness (QED) is 0.903. The number of anilines is 1. The van der Waals surface area contributed by atoms with Gasteiger partial charge in [0.25, 0.3) is 0 Å². The van der Waals surface area contributed by atoms with Crippen LogP contribution in [0.3, 0.4) is 0 Å². The van der Waals surface area contributed by atoms with E-state index in [1.165, 1.54) is 12.1 Å². The molecular weight excluding hydrogens is 260 g/mol. The lowest BCUT2D eigenvalue weighted by atomic mass is 10.2. The minimum atomic E-state index is -0.566. The molecule has 0 aliphatic rings. The summed E-state index contributed by atoms with van der Waals surface area (Å²) in [4.78, 5) is 0. The smallest absolute Gasteiger partial charge is 0.148 e. The molecule has 0 aliphatic carbocycles. The normalized spacial score (nSPS) is 11.1. The number of hydrogen-bond acceptors (Lipinski definition) is 2. The number of halogens is 2. The molecule has 3 nitrogen and oxygen atoms in total. The molecule has 0 saturated heterocycles. The van der Waals surface area contributed by atoms with E-state index < -0.39 is 11.6 Å². The van der Waals surface area contributed by atoms with E-state index in [0.29, 0.717) is 23.8 Å². The van der Waals surface area contributed by atoms with Crippen molar-refractivity contribution < 1.29 is 8.78 Å². The average Bonchev–Trinajstić information content (AvgIpc) is 2.65. The Labute approximate surface area is 117 Å². The summed E-state index contributed by atoms with van der Waals surface area (Å²) in [5.74, 6) is 0.0956. The van der Waals surface area contributed by atoms with E-state index in [9.17, 15) is 8.78 Å². The van der Waals surface area contributed by atoms with Gasteiger partial charge in [-0.25, -0.2) is 8.78 Å². The van der Waals surface area contributed by atoms with E-state index in [-0.39, 0.29) is 0 Å². The molecular formula is C15H19F2N3. The lowest BCUT2D eigenvalue weighted by Crippen LogP contribution is -2.08. The maximum atomic E-state index is 13.1. The maximum absolute atomic E-state index is 13.1. The average molecular weight is 279 g/mol. The van der Waals surface area contributed by atoms with Crippen molar-refractivity contribution in [3.8, 4) is 0 Å². The van der Waals surface area contributed by atoms with E-state index >= 15 is 0 Å². The van der Waals surface area contributed by atoms with Gasteiger partial charge in [-0.3, -0.25) is 4.68 Å². The summed E-state index contributed by atoms with van der Waals surface area (Å²) in [6.07, 6.45) is 0. The first kappa shape index (κ1) is 14.5. The van der Waals surface area contributed by atoms with Gasteiger partial charge < -0.3 is 5.32 Å². The molecule has 1 N–H and O–H groups in total. The zero-order valence-electron chi connectivity index (χ0n) is 12.0. The molecule has 5 heteroatoms. The van der Waals surface area contributed by atoms with E-state index in [1.807, 2.05) is 17.7 Å². The van der Waals surface area contributed by atoms with Crippen LogP contribution in [0.25, 0.3) is 0 Å². The van der Waals surface area contributed by atoms with Crippen LogP contribution in [-0.2, 0) is 13.1 Å². The number of aryl methyl sites for hydroxylation is 1. The van der Waals surface area contributed by atoms with Crippen molar-refractivity contribution in [2.24, 2.45) is 5.92 Å². The van der Waals surface area contributed by atoms with Crippen LogP contribution in [0.15, 0.2) is 24.3 Å².